The molecule has 1 heterocycles. The number of ether oxygens (including phenoxy) is 2. The van der Waals surface area contributed by atoms with Gasteiger partial charge < -0.3 is 15.2 Å². The Morgan fingerprint density at radius 2 is 1.80 bits per heavy atom. The van der Waals surface area contributed by atoms with E-state index in [9.17, 15) is 15.8 Å². The minimum absolute atomic E-state index is 0.0234. The van der Waals surface area contributed by atoms with Crippen molar-refractivity contribution in [3.8, 4) is 29.7 Å². The summed E-state index contributed by atoms with van der Waals surface area (Å²) in [6, 6.07) is 12.2. The summed E-state index contributed by atoms with van der Waals surface area (Å²) in [5.74, 6) is 0.272. The quantitative estimate of drug-likeness (QED) is 0.821. The summed E-state index contributed by atoms with van der Waals surface area (Å²) >= 11 is 0. The highest BCUT2D eigenvalue weighted by molar-refractivity contribution is 5.60. The molecule has 0 bridgehead atoms. The van der Waals surface area contributed by atoms with E-state index in [2.05, 4.69) is 37.0 Å². The van der Waals surface area contributed by atoms with Crippen molar-refractivity contribution in [1.82, 2.24) is 4.90 Å². The van der Waals surface area contributed by atoms with E-state index in [1.165, 1.54) is 0 Å². The standard InChI is InChI=1S/C23H25N5O2/c1-14(2)28-8-7-16-17(10-24)22(27)23(12-25,13-26)21(18(16)11-28)15-5-6-19(29-3)20(9-15)30-4/h5-7,9,14,18,21H,8,11,27H2,1-4H3/t18?,21-/m1/s1. The zero-order chi connectivity index (χ0) is 22.1. The normalized spacial score (nSPS) is 22.9. The average Bonchev–Trinajstić information content (AvgIpc) is 2.77. The number of nitrogens with two attached hydrogens (primary N) is 1. The van der Waals surface area contributed by atoms with Gasteiger partial charge in [0.1, 0.15) is 6.07 Å². The smallest absolute Gasteiger partial charge is 0.191 e. The van der Waals surface area contributed by atoms with Gasteiger partial charge in [-0.3, -0.25) is 4.90 Å². The zero-order valence-corrected chi connectivity index (χ0v) is 17.6. The van der Waals surface area contributed by atoms with Gasteiger partial charge in [0.15, 0.2) is 16.9 Å². The van der Waals surface area contributed by atoms with Crippen LogP contribution in [-0.4, -0.2) is 38.3 Å². The minimum atomic E-state index is -1.66. The number of allylic oxidation sites excluding steroid dienone is 2. The molecule has 0 spiro atoms. The first-order valence-corrected chi connectivity index (χ1v) is 9.77. The van der Waals surface area contributed by atoms with Crippen molar-refractivity contribution in [2.75, 3.05) is 27.3 Å². The largest absolute Gasteiger partial charge is 0.493 e. The van der Waals surface area contributed by atoms with Crippen molar-refractivity contribution in [3.05, 3.63) is 46.7 Å². The van der Waals surface area contributed by atoms with Crippen LogP contribution in [0.1, 0.15) is 25.3 Å². The highest BCUT2D eigenvalue weighted by atomic mass is 16.5. The highest BCUT2D eigenvalue weighted by Crippen LogP contribution is 2.54. The number of rotatable bonds is 4. The Labute approximate surface area is 177 Å². The molecule has 0 fully saturated rings. The lowest BCUT2D eigenvalue weighted by Crippen LogP contribution is -2.49. The Balaban J connectivity index is 2.30. The molecule has 1 aromatic rings. The topological polar surface area (TPSA) is 119 Å². The van der Waals surface area contributed by atoms with Crippen LogP contribution in [0.4, 0.5) is 0 Å². The second-order valence-electron chi connectivity index (χ2n) is 7.84. The van der Waals surface area contributed by atoms with Crippen LogP contribution >= 0.6 is 0 Å². The van der Waals surface area contributed by atoms with E-state index in [-0.39, 0.29) is 23.2 Å². The predicted molar refractivity (Wildman–Crippen MR) is 111 cm³/mol. The molecule has 0 saturated carbocycles. The molecule has 3 rings (SSSR count). The molecule has 0 radical (unpaired) electrons. The van der Waals surface area contributed by atoms with Gasteiger partial charge in [0.2, 0.25) is 0 Å². The molecule has 1 aliphatic heterocycles. The summed E-state index contributed by atoms with van der Waals surface area (Å²) < 4.78 is 10.8. The molecule has 2 aliphatic rings. The van der Waals surface area contributed by atoms with Crippen molar-refractivity contribution >= 4 is 0 Å². The first-order valence-electron chi connectivity index (χ1n) is 9.77. The number of benzene rings is 1. The van der Waals surface area contributed by atoms with Crippen LogP contribution in [0, 0.1) is 45.3 Å². The van der Waals surface area contributed by atoms with Crippen molar-refractivity contribution in [3.63, 3.8) is 0 Å². The van der Waals surface area contributed by atoms with Crippen LogP contribution in [0.15, 0.2) is 41.1 Å². The zero-order valence-electron chi connectivity index (χ0n) is 17.6. The van der Waals surface area contributed by atoms with Crippen molar-refractivity contribution in [2.45, 2.75) is 25.8 Å². The molecule has 1 aromatic carbocycles. The summed E-state index contributed by atoms with van der Waals surface area (Å²) in [6.45, 7) is 5.51. The van der Waals surface area contributed by atoms with Gasteiger partial charge in [0.25, 0.3) is 0 Å². The summed E-state index contributed by atoms with van der Waals surface area (Å²) in [7, 11) is 3.09. The van der Waals surface area contributed by atoms with Crippen LogP contribution in [0.3, 0.4) is 0 Å². The van der Waals surface area contributed by atoms with E-state index in [0.717, 1.165) is 11.1 Å². The molecule has 7 nitrogen and oxygen atoms in total. The van der Waals surface area contributed by atoms with Crippen LogP contribution in [0.2, 0.25) is 0 Å². The van der Waals surface area contributed by atoms with Gasteiger partial charge in [-0.1, -0.05) is 12.1 Å². The van der Waals surface area contributed by atoms with Gasteiger partial charge in [0, 0.05) is 31.0 Å². The third-order valence-electron chi connectivity index (χ3n) is 6.19. The molecule has 30 heavy (non-hydrogen) atoms. The fourth-order valence-electron chi connectivity index (χ4n) is 4.55. The summed E-state index contributed by atoms with van der Waals surface area (Å²) in [5.41, 5.74) is 6.52. The number of methoxy groups -OCH3 is 2. The van der Waals surface area contributed by atoms with Gasteiger partial charge >= 0.3 is 0 Å². The van der Waals surface area contributed by atoms with Crippen LogP contribution < -0.4 is 15.2 Å². The van der Waals surface area contributed by atoms with E-state index in [1.807, 2.05) is 12.1 Å². The minimum Gasteiger partial charge on any atom is -0.493 e. The van der Waals surface area contributed by atoms with E-state index < -0.39 is 11.3 Å². The predicted octanol–water partition coefficient (Wildman–Crippen LogP) is 2.84. The third-order valence-corrected chi connectivity index (χ3v) is 6.19. The summed E-state index contributed by atoms with van der Waals surface area (Å²) in [5, 5.41) is 30.1. The maximum Gasteiger partial charge on any atom is 0.191 e. The van der Waals surface area contributed by atoms with Crippen molar-refractivity contribution in [2.24, 2.45) is 17.1 Å². The first-order chi connectivity index (χ1) is 14.4. The van der Waals surface area contributed by atoms with E-state index in [0.29, 0.717) is 24.6 Å². The van der Waals surface area contributed by atoms with E-state index in [1.54, 1.807) is 26.4 Å². The third kappa shape index (κ3) is 3.07. The lowest BCUT2D eigenvalue weighted by Gasteiger charge is -2.46. The maximum absolute atomic E-state index is 10.2. The number of nitriles is 3. The van der Waals surface area contributed by atoms with Gasteiger partial charge in [-0.25, -0.2) is 0 Å². The molecular formula is C23H25N5O2. The SMILES string of the molecule is COc1ccc([C@@H]2C3CN(C(C)C)CC=C3C(C#N)=C(N)C2(C#N)C#N)cc1OC. The van der Waals surface area contributed by atoms with Crippen molar-refractivity contribution in [1.29, 1.82) is 15.8 Å². The fourth-order valence-corrected chi connectivity index (χ4v) is 4.55. The molecule has 0 aromatic heterocycles. The molecule has 0 saturated heterocycles. The second-order valence-corrected chi connectivity index (χ2v) is 7.84. The Morgan fingerprint density at radius 1 is 1.13 bits per heavy atom. The average molecular weight is 403 g/mol. The van der Waals surface area contributed by atoms with Crippen LogP contribution in [0.5, 0.6) is 11.5 Å². The molecule has 7 heteroatoms. The van der Waals surface area contributed by atoms with E-state index in [4.69, 9.17) is 15.2 Å². The van der Waals surface area contributed by atoms with E-state index >= 15 is 0 Å². The number of hydrogen-bond acceptors (Lipinski definition) is 7. The fraction of sp³-hybridized carbons (Fsp3) is 0.435. The Hall–Kier alpha value is -3.47. The van der Waals surface area contributed by atoms with Crippen molar-refractivity contribution < 1.29 is 9.47 Å². The molecule has 154 valence electrons. The molecular weight excluding hydrogens is 378 g/mol. The first kappa shape index (κ1) is 21.2. The maximum atomic E-state index is 10.2. The molecule has 2 N–H and O–H groups in total. The van der Waals surface area contributed by atoms with Crippen LogP contribution in [0.25, 0.3) is 0 Å². The number of hydrogen-bond donors (Lipinski definition) is 1. The van der Waals surface area contributed by atoms with Crippen LogP contribution in [-0.2, 0) is 0 Å². The monoisotopic (exact) mass is 403 g/mol. The highest BCUT2D eigenvalue weighted by Gasteiger charge is 2.54. The number of nitrogens with zero attached hydrogens (tertiary/aromatic N) is 4. The lowest BCUT2D eigenvalue weighted by molar-refractivity contribution is 0.174. The Morgan fingerprint density at radius 3 is 2.33 bits per heavy atom. The Bertz CT molecular complexity index is 1020. The van der Waals surface area contributed by atoms with Gasteiger partial charge in [-0.15, -0.1) is 0 Å². The summed E-state index contributed by atoms with van der Waals surface area (Å²) in [6.07, 6.45) is 2.01. The van der Waals surface area contributed by atoms with Gasteiger partial charge in [0.05, 0.1) is 37.6 Å². The van der Waals surface area contributed by atoms with Gasteiger partial charge in [-0.05, 0) is 37.1 Å². The summed E-state index contributed by atoms with van der Waals surface area (Å²) in [4.78, 5) is 2.26. The second kappa shape index (κ2) is 8.11. The van der Waals surface area contributed by atoms with Gasteiger partial charge in [-0.2, -0.15) is 15.8 Å². The molecule has 0 amide bonds. The Kier molecular flexibility index (Phi) is 5.74. The molecule has 1 unspecified atom stereocenters. The molecule has 1 aliphatic carbocycles. The molecule has 2 atom stereocenters. The number of fused-ring (bicyclic) bond motifs is 1. The lowest BCUT2D eigenvalue weighted by atomic mass is 9.58.